The minimum atomic E-state index is -0.104. The number of aryl methyl sites for hydroxylation is 1. The molecule has 1 rings (SSSR count). The Morgan fingerprint density at radius 2 is 1.55 bits per heavy atom. The molecule has 0 unspecified atom stereocenters. The first-order chi connectivity index (χ1) is 10.3. The summed E-state index contributed by atoms with van der Waals surface area (Å²) >= 11 is 0. The molecule has 0 bridgehead atoms. The Bertz CT molecular complexity index is 458. The summed E-state index contributed by atoms with van der Waals surface area (Å²) in [6.45, 7) is 11.0. The summed E-state index contributed by atoms with van der Waals surface area (Å²) in [6, 6.07) is 3.93. The summed E-state index contributed by atoms with van der Waals surface area (Å²) in [5.74, 6) is 0.353. The number of phenolic OH excluding ortho intramolecular Hbond substituents is 1. The number of nitrogens with zero attached hydrogens (tertiary/aromatic N) is 1. The van der Waals surface area contributed by atoms with E-state index >= 15 is 0 Å². The van der Waals surface area contributed by atoms with Gasteiger partial charge in [0.05, 0.1) is 0 Å². The van der Waals surface area contributed by atoms with Crippen LogP contribution in [0.1, 0.15) is 50.3 Å². The fraction of sp³-hybridized carbons (Fsp3) is 0.667. The van der Waals surface area contributed by atoms with E-state index in [4.69, 9.17) is 10.2 Å². The lowest BCUT2D eigenvalue weighted by Gasteiger charge is -2.26. The standard InChI is InChI=1S/C18H31NO3/c1-14-11-17(22)16(18(2,3)4)12-15(14)13-19(7-5-9-20)8-6-10-21/h11-12,20-22H,5-10,13H2,1-4H3. The molecule has 4 nitrogen and oxygen atoms in total. The smallest absolute Gasteiger partial charge is 0.119 e. The molecule has 22 heavy (non-hydrogen) atoms. The van der Waals surface area contributed by atoms with E-state index < -0.39 is 0 Å². The zero-order chi connectivity index (χ0) is 16.8. The van der Waals surface area contributed by atoms with Crippen molar-refractivity contribution in [3.63, 3.8) is 0 Å². The highest BCUT2D eigenvalue weighted by Crippen LogP contribution is 2.33. The summed E-state index contributed by atoms with van der Waals surface area (Å²) in [5, 5.41) is 28.3. The van der Waals surface area contributed by atoms with E-state index in [0.717, 1.165) is 43.6 Å². The van der Waals surface area contributed by atoms with Gasteiger partial charge in [0.15, 0.2) is 0 Å². The van der Waals surface area contributed by atoms with Gasteiger partial charge in [0.2, 0.25) is 0 Å². The lowest BCUT2D eigenvalue weighted by Crippen LogP contribution is -2.27. The second kappa shape index (κ2) is 8.51. The highest BCUT2D eigenvalue weighted by Gasteiger charge is 2.20. The molecule has 0 amide bonds. The molecule has 0 spiro atoms. The Labute approximate surface area is 134 Å². The quantitative estimate of drug-likeness (QED) is 0.690. The average molecular weight is 309 g/mol. The molecule has 0 aliphatic carbocycles. The summed E-state index contributed by atoms with van der Waals surface area (Å²) in [4.78, 5) is 2.25. The van der Waals surface area contributed by atoms with Crippen LogP contribution >= 0.6 is 0 Å². The van der Waals surface area contributed by atoms with Gasteiger partial charge in [0.1, 0.15) is 5.75 Å². The molecular formula is C18H31NO3. The molecule has 1 aromatic rings. The first-order valence-corrected chi connectivity index (χ1v) is 8.06. The Hall–Kier alpha value is -1.10. The number of phenols is 1. The van der Waals surface area contributed by atoms with Gasteiger partial charge < -0.3 is 15.3 Å². The van der Waals surface area contributed by atoms with Gasteiger partial charge in [-0.2, -0.15) is 0 Å². The maximum absolute atomic E-state index is 10.2. The van der Waals surface area contributed by atoms with Gasteiger partial charge in [-0.05, 0) is 47.9 Å². The van der Waals surface area contributed by atoms with E-state index in [0.29, 0.717) is 5.75 Å². The lowest BCUT2D eigenvalue weighted by atomic mass is 9.84. The molecule has 0 aliphatic rings. The highest BCUT2D eigenvalue weighted by atomic mass is 16.3. The second-order valence-electron chi connectivity index (χ2n) is 6.98. The van der Waals surface area contributed by atoms with Crippen molar-refractivity contribution >= 4 is 0 Å². The van der Waals surface area contributed by atoms with Gasteiger partial charge in [-0.25, -0.2) is 0 Å². The zero-order valence-electron chi connectivity index (χ0n) is 14.4. The molecule has 3 N–H and O–H groups in total. The number of aliphatic hydroxyl groups is 2. The number of hydrogen-bond donors (Lipinski definition) is 3. The van der Waals surface area contributed by atoms with E-state index in [9.17, 15) is 5.11 Å². The highest BCUT2D eigenvalue weighted by molar-refractivity contribution is 5.44. The Morgan fingerprint density at radius 1 is 1.00 bits per heavy atom. The molecule has 0 saturated carbocycles. The minimum Gasteiger partial charge on any atom is -0.508 e. The topological polar surface area (TPSA) is 63.9 Å². The first kappa shape index (κ1) is 18.9. The third-order valence-corrected chi connectivity index (χ3v) is 3.92. The van der Waals surface area contributed by atoms with Gasteiger partial charge in [0.25, 0.3) is 0 Å². The third-order valence-electron chi connectivity index (χ3n) is 3.92. The molecule has 0 radical (unpaired) electrons. The predicted molar refractivity (Wildman–Crippen MR) is 90.2 cm³/mol. The first-order valence-electron chi connectivity index (χ1n) is 8.06. The number of hydrogen-bond acceptors (Lipinski definition) is 4. The molecule has 0 atom stereocenters. The number of rotatable bonds is 8. The second-order valence-corrected chi connectivity index (χ2v) is 6.98. The van der Waals surface area contributed by atoms with Crippen molar-refractivity contribution in [2.24, 2.45) is 0 Å². The summed E-state index contributed by atoms with van der Waals surface area (Å²) < 4.78 is 0. The summed E-state index contributed by atoms with van der Waals surface area (Å²) in [6.07, 6.45) is 1.46. The maximum Gasteiger partial charge on any atom is 0.119 e. The number of benzene rings is 1. The minimum absolute atomic E-state index is 0.104. The van der Waals surface area contributed by atoms with Crippen LogP contribution < -0.4 is 0 Å². The van der Waals surface area contributed by atoms with Gasteiger partial charge in [-0.1, -0.05) is 26.8 Å². The van der Waals surface area contributed by atoms with Crippen LogP contribution in [-0.4, -0.2) is 46.5 Å². The van der Waals surface area contributed by atoms with Crippen LogP contribution in [0.2, 0.25) is 0 Å². The van der Waals surface area contributed by atoms with Crippen molar-refractivity contribution < 1.29 is 15.3 Å². The van der Waals surface area contributed by atoms with Crippen LogP contribution in [-0.2, 0) is 12.0 Å². The van der Waals surface area contributed by atoms with Gasteiger partial charge >= 0.3 is 0 Å². The number of aromatic hydroxyl groups is 1. The van der Waals surface area contributed by atoms with Crippen molar-refractivity contribution in [2.75, 3.05) is 26.3 Å². The molecule has 4 heteroatoms. The van der Waals surface area contributed by atoms with E-state index in [1.807, 2.05) is 13.0 Å². The van der Waals surface area contributed by atoms with E-state index in [1.165, 1.54) is 5.56 Å². The van der Waals surface area contributed by atoms with Crippen LogP contribution in [0.25, 0.3) is 0 Å². The monoisotopic (exact) mass is 309 g/mol. The van der Waals surface area contributed by atoms with Gasteiger partial charge in [0, 0.05) is 32.8 Å². The summed E-state index contributed by atoms with van der Waals surface area (Å²) in [7, 11) is 0. The lowest BCUT2D eigenvalue weighted by molar-refractivity contribution is 0.196. The molecule has 0 fully saturated rings. The van der Waals surface area contributed by atoms with E-state index in [1.54, 1.807) is 0 Å². The predicted octanol–water partition coefficient (Wildman–Crippen LogP) is 2.56. The van der Waals surface area contributed by atoms with Crippen LogP contribution in [0.5, 0.6) is 5.75 Å². The third kappa shape index (κ3) is 5.59. The SMILES string of the molecule is Cc1cc(O)c(C(C)(C)C)cc1CN(CCCO)CCCO. The summed E-state index contributed by atoms with van der Waals surface area (Å²) in [5.41, 5.74) is 3.12. The number of aliphatic hydroxyl groups excluding tert-OH is 2. The normalized spacial score (nSPS) is 12.1. The van der Waals surface area contributed by atoms with Crippen LogP contribution in [0, 0.1) is 6.92 Å². The fourth-order valence-electron chi connectivity index (χ4n) is 2.61. The van der Waals surface area contributed by atoms with Gasteiger partial charge in [-0.15, -0.1) is 0 Å². The molecule has 0 aromatic heterocycles. The largest absolute Gasteiger partial charge is 0.508 e. The fourth-order valence-corrected chi connectivity index (χ4v) is 2.61. The van der Waals surface area contributed by atoms with Gasteiger partial charge in [-0.3, -0.25) is 4.90 Å². The Kier molecular flexibility index (Phi) is 7.33. The van der Waals surface area contributed by atoms with Crippen LogP contribution in [0.4, 0.5) is 0 Å². The molecule has 0 saturated heterocycles. The van der Waals surface area contributed by atoms with Crippen molar-refractivity contribution in [2.45, 2.75) is 52.5 Å². The maximum atomic E-state index is 10.2. The zero-order valence-corrected chi connectivity index (χ0v) is 14.4. The average Bonchev–Trinajstić information content (AvgIpc) is 2.42. The van der Waals surface area contributed by atoms with Crippen molar-refractivity contribution in [3.8, 4) is 5.75 Å². The van der Waals surface area contributed by atoms with Crippen molar-refractivity contribution in [1.29, 1.82) is 0 Å². The Morgan fingerprint density at radius 3 is 2.00 bits per heavy atom. The Balaban J connectivity index is 2.97. The van der Waals surface area contributed by atoms with Crippen molar-refractivity contribution in [3.05, 3.63) is 28.8 Å². The van der Waals surface area contributed by atoms with Crippen molar-refractivity contribution in [1.82, 2.24) is 4.90 Å². The van der Waals surface area contributed by atoms with Crippen LogP contribution in [0.3, 0.4) is 0 Å². The molecule has 0 aliphatic heterocycles. The molecule has 1 aromatic carbocycles. The molecule has 0 heterocycles. The van der Waals surface area contributed by atoms with Crippen LogP contribution in [0.15, 0.2) is 12.1 Å². The van der Waals surface area contributed by atoms with E-state index in [-0.39, 0.29) is 18.6 Å². The van der Waals surface area contributed by atoms with E-state index in [2.05, 4.69) is 31.7 Å². The molecular weight excluding hydrogens is 278 g/mol. The molecule has 126 valence electrons.